The van der Waals surface area contributed by atoms with Crippen LogP contribution in [0.5, 0.6) is 0 Å². The molecule has 0 unspecified atom stereocenters. The van der Waals surface area contributed by atoms with Gasteiger partial charge in [0, 0.05) is 12.6 Å². The Balaban J connectivity index is 1.74. The first-order chi connectivity index (χ1) is 9.75. The summed E-state index contributed by atoms with van der Waals surface area (Å²) in [4.78, 5) is 0. The first-order valence-corrected chi connectivity index (χ1v) is 7.96. The summed E-state index contributed by atoms with van der Waals surface area (Å²) in [5.74, 6) is 1.65. The Kier molecular flexibility index (Phi) is 4.07. The zero-order valence-corrected chi connectivity index (χ0v) is 12.6. The average molecular weight is 267 g/mol. The number of hydrogen-bond acceptors (Lipinski definition) is 1. The smallest absolute Gasteiger partial charge is 0.0214 e. The van der Waals surface area contributed by atoms with E-state index in [1.165, 1.54) is 35.6 Å². The second-order valence-electron chi connectivity index (χ2n) is 6.39. The molecule has 0 amide bonds. The number of benzene rings is 2. The lowest BCUT2D eigenvalue weighted by Crippen LogP contribution is -2.40. The van der Waals surface area contributed by atoms with Gasteiger partial charge in [0.1, 0.15) is 0 Å². The maximum absolute atomic E-state index is 3.81. The van der Waals surface area contributed by atoms with Gasteiger partial charge in [-0.2, -0.15) is 0 Å². The Labute approximate surface area is 122 Å². The third-order valence-corrected chi connectivity index (χ3v) is 5.14. The summed E-state index contributed by atoms with van der Waals surface area (Å²) in [6, 6.07) is 16.0. The third kappa shape index (κ3) is 2.73. The standard InChI is InChI=1S/C19H25N/c1-14-7-5-12-19(15(14)2)20-13-17-10-6-9-16-8-3-4-11-18(16)17/h3-4,6,8-11,14-15,19-20H,5,7,12-13H2,1-2H3/t14-,15+,19+/m0/s1. The largest absolute Gasteiger partial charge is 0.310 e. The van der Waals surface area contributed by atoms with E-state index in [2.05, 4.69) is 61.6 Å². The lowest BCUT2D eigenvalue weighted by molar-refractivity contribution is 0.206. The van der Waals surface area contributed by atoms with Gasteiger partial charge in [-0.25, -0.2) is 0 Å². The number of hydrogen-bond donors (Lipinski definition) is 1. The van der Waals surface area contributed by atoms with Crippen LogP contribution in [0.1, 0.15) is 38.7 Å². The highest BCUT2D eigenvalue weighted by Crippen LogP contribution is 2.30. The number of rotatable bonds is 3. The lowest BCUT2D eigenvalue weighted by atomic mass is 9.78. The van der Waals surface area contributed by atoms with Crippen molar-refractivity contribution in [3.8, 4) is 0 Å². The van der Waals surface area contributed by atoms with Gasteiger partial charge in [0.05, 0.1) is 0 Å². The molecule has 0 bridgehead atoms. The Morgan fingerprint density at radius 1 is 1.00 bits per heavy atom. The Hall–Kier alpha value is -1.34. The predicted octanol–water partition coefficient (Wildman–Crippen LogP) is 4.75. The van der Waals surface area contributed by atoms with E-state index in [0.29, 0.717) is 6.04 Å². The second-order valence-corrected chi connectivity index (χ2v) is 6.39. The van der Waals surface area contributed by atoms with Crippen molar-refractivity contribution in [3.05, 3.63) is 48.0 Å². The van der Waals surface area contributed by atoms with Crippen molar-refractivity contribution in [1.29, 1.82) is 0 Å². The summed E-state index contributed by atoms with van der Waals surface area (Å²) in [7, 11) is 0. The van der Waals surface area contributed by atoms with Gasteiger partial charge in [0.25, 0.3) is 0 Å². The van der Waals surface area contributed by atoms with Crippen LogP contribution in [-0.2, 0) is 6.54 Å². The molecule has 0 radical (unpaired) electrons. The van der Waals surface area contributed by atoms with Crippen LogP contribution in [-0.4, -0.2) is 6.04 Å². The molecule has 3 atom stereocenters. The molecule has 1 aliphatic rings. The molecule has 0 aliphatic heterocycles. The highest BCUT2D eigenvalue weighted by atomic mass is 14.9. The van der Waals surface area contributed by atoms with Gasteiger partial charge in [0.2, 0.25) is 0 Å². The molecular weight excluding hydrogens is 242 g/mol. The molecule has 0 spiro atoms. The number of nitrogens with one attached hydrogen (secondary N) is 1. The SMILES string of the molecule is C[C@@H]1[C@@H](C)CCC[C@H]1NCc1cccc2ccccc12. The molecule has 3 rings (SSSR count). The Morgan fingerprint density at radius 2 is 1.80 bits per heavy atom. The van der Waals surface area contributed by atoms with Gasteiger partial charge < -0.3 is 5.32 Å². The maximum atomic E-state index is 3.81. The monoisotopic (exact) mass is 267 g/mol. The van der Waals surface area contributed by atoms with Gasteiger partial charge in [-0.15, -0.1) is 0 Å². The first-order valence-electron chi connectivity index (χ1n) is 7.96. The van der Waals surface area contributed by atoms with E-state index in [1.807, 2.05) is 0 Å². The van der Waals surface area contributed by atoms with E-state index in [0.717, 1.165) is 18.4 Å². The highest BCUT2D eigenvalue weighted by Gasteiger charge is 2.26. The van der Waals surface area contributed by atoms with Crippen LogP contribution in [0.25, 0.3) is 10.8 Å². The van der Waals surface area contributed by atoms with Crippen LogP contribution in [0.4, 0.5) is 0 Å². The zero-order valence-electron chi connectivity index (χ0n) is 12.6. The van der Waals surface area contributed by atoms with Gasteiger partial charge in [0.15, 0.2) is 0 Å². The minimum Gasteiger partial charge on any atom is -0.310 e. The van der Waals surface area contributed by atoms with E-state index in [-0.39, 0.29) is 0 Å². The van der Waals surface area contributed by atoms with Crippen molar-refractivity contribution >= 4 is 10.8 Å². The van der Waals surface area contributed by atoms with Crippen molar-refractivity contribution in [2.45, 2.75) is 45.7 Å². The van der Waals surface area contributed by atoms with E-state index >= 15 is 0 Å². The van der Waals surface area contributed by atoms with E-state index in [1.54, 1.807) is 0 Å². The average Bonchev–Trinajstić information content (AvgIpc) is 2.49. The molecule has 1 N–H and O–H groups in total. The molecule has 1 aliphatic carbocycles. The summed E-state index contributed by atoms with van der Waals surface area (Å²) in [5.41, 5.74) is 1.42. The van der Waals surface area contributed by atoms with Crippen LogP contribution in [0.2, 0.25) is 0 Å². The van der Waals surface area contributed by atoms with E-state index < -0.39 is 0 Å². The van der Waals surface area contributed by atoms with Crippen molar-refractivity contribution in [2.24, 2.45) is 11.8 Å². The van der Waals surface area contributed by atoms with Crippen molar-refractivity contribution < 1.29 is 0 Å². The van der Waals surface area contributed by atoms with Gasteiger partial charge in [-0.1, -0.05) is 69.2 Å². The Bertz CT molecular complexity index is 569. The molecule has 0 aromatic heterocycles. The fraction of sp³-hybridized carbons (Fsp3) is 0.474. The first kappa shape index (κ1) is 13.6. The molecule has 1 fully saturated rings. The quantitative estimate of drug-likeness (QED) is 0.846. The molecule has 1 nitrogen and oxygen atoms in total. The molecule has 1 heteroatoms. The van der Waals surface area contributed by atoms with Crippen LogP contribution >= 0.6 is 0 Å². The van der Waals surface area contributed by atoms with Crippen LogP contribution in [0.15, 0.2) is 42.5 Å². The van der Waals surface area contributed by atoms with Crippen LogP contribution in [0.3, 0.4) is 0 Å². The third-order valence-electron chi connectivity index (χ3n) is 5.14. The normalized spacial score (nSPS) is 26.8. The van der Waals surface area contributed by atoms with Gasteiger partial charge >= 0.3 is 0 Å². The minimum absolute atomic E-state index is 0.678. The summed E-state index contributed by atoms with van der Waals surface area (Å²) in [6.07, 6.45) is 4.10. The van der Waals surface area contributed by atoms with Crippen LogP contribution < -0.4 is 5.32 Å². The molecule has 2 aromatic rings. The van der Waals surface area contributed by atoms with Crippen molar-refractivity contribution in [2.75, 3.05) is 0 Å². The molecular formula is C19H25N. The second kappa shape index (κ2) is 5.97. The lowest BCUT2D eigenvalue weighted by Gasteiger charge is -2.35. The molecule has 2 aromatic carbocycles. The molecule has 20 heavy (non-hydrogen) atoms. The predicted molar refractivity (Wildman–Crippen MR) is 86.8 cm³/mol. The van der Waals surface area contributed by atoms with Crippen LogP contribution in [0, 0.1) is 11.8 Å². The fourth-order valence-corrected chi connectivity index (χ4v) is 3.56. The van der Waals surface area contributed by atoms with Crippen molar-refractivity contribution in [3.63, 3.8) is 0 Å². The zero-order chi connectivity index (χ0) is 13.9. The molecule has 106 valence electrons. The fourth-order valence-electron chi connectivity index (χ4n) is 3.56. The topological polar surface area (TPSA) is 12.0 Å². The van der Waals surface area contributed by atoms with Gasteiger partial charge in [-0.3, -0.25) is 0 Å². The molecule has 1 saturated carbocycles. The summed E-state index contributed by atoms with van der Waals surface area (Å²) in [5, 5.41) is 6.54. The van der Waals surface area contributed by atoms with Gasteiger partial charge in [-0.05, 0) is 34.6 Å². The molecule has 0 heterocycles. The Morgan fingerprint density at radius 3 is 2.70 bits per heavy atom. The summed E-state index contributed by atoms with van der Waals surface area (Å²) in [6.45, 7) is 5.80. The van der Waals surface area contributed by atoms with E-state index in [9.17, 15) is 0 Å². The highest BCUT2D eigenvalue weighted by molar-refractivity contribution is 5.85. The summed E-state index contributed by atoms with van der Waals surface area (Å²) < 4.78 is 0. The van der Waals surface area contributed by atoms with Crippen molar-refractivity contribution in [1.82, 2.24) is 5.32 Å². The minimum atomic E-state index is 0.678. The summed E-state index contributed by atoms with van der Waals surface area (Å²) >= 11 is 0. The maximum Gasteiger partial charge on any atom is 0.0214 e. The number of fused-ring (bicyclic) bond motifs is 1. The van der Waals surface area contributed by atoms with E-state index in [4.69, 9.17) is 0 Å². The molecule has 0 saturated heterocycles.